The molecule has 1 atom stereocenters. The molecule has 16 heavy (non-hydrogen) atoms. The van der Waals surface area contributed by atoms with Gasteiger partial charge in [-0.25, -0.2) is 21.9 Å². The molecule has 6 heteroatoms. The molecule has 1 N–H and O–H groups in total. The van der Waals surface area contributed by atoms with Crippen LogP contribution >= 0.6 is 0 Å². The maximum absolute atomic E-state index is 13.3. The van der Waals surface area contributed by atoms with E-state index in [-0.39, 0.29) is 11.3 Å². The number of benzene rings is 1. The summed E-state index contributed by atoms with van der Waals surface area (Å²) in [5.41, 5.74) is 0.124. The van der Waals surface area contributed by atoms with Crippen molar-refractivity contribution in [2.75, 3.05) is 5.75 Å². The highest BCUT2D eigenvalue weighted by atomic mass is 32.2. The third-order valence-corrected chi connectivity index (χ3v) is 3.64. The summed E-state index contributed by atoms with van der Waals surface area (Å²) in [7, 11) is -3.40. The van der Waals surface area contributed by atoms with E-state index >= 15 is 0 Å². The first-order chi connectivity index (χ1) is 7.35. The molecular formula is C10H13F2NO2S. The molecule has 0 radical (unpaired) electrons. The second kappa shape index (κ2) is 4.88. The van der Waals surface area contributed by atoms with Gasteiger partial charge in [-0.15, -0.1) is 0 Å². The third-order valence-electron chi connectivity index (χ3n) is 2.17. The lowest BCUT2D eigenvalue weighted by molar-refractivity contribution is 0.540. The Morgan fingerprint density at radius 2 is 2.00 bits per heavy atom. The number of nitrogens with one attached hydrogen (secondary N) is 1. The second-order valence-corrected chi connectivity index (χ2v) is 5.45. The maximum Gasteiger partial charge on any atom is 0.211 e. The molecule has 1 aromatic carbocycles. The molecule has 1 aromatic rings. The van der Waals surface area contributed by atoms with Gasteiger partial charge in [-0.2, -0.15) is 0 Å². The van der Waals surface area contributed by atoms with Crippen LogP contribution < -0.4 is 4.72 Å². The highest BCUT2D eigenvalue weighted by Crippen LogP contribution is 2.18. The average molecular weight is 249 g/mol. The van der Waals surface area contributed by atoms with E-state index in [2.05, 4.69) is 4.72 Å². The molecule has 0 amide bonds. The fourth-order valence-corrected chi connectivity index (χ4v) is 2.10. The zero-order valence-electron chi connectivity index (χ0n) is 9.00. The Morgan fingerprint density at radius 1 is 1.38 bits per heavy atom. The molecule has 1 rings (SSSR count). The quantitative estimate of drug-likeness (QED) is 0.886. The zero-order chi connectivity index (χ0) is 12.3. The minimum absolute atomic E-state index is 0.0832. The summed E-state index contributed by atoms with van der Waals surface area (Å²) >= 11 is 0. The number of halogens is 2. The minimum Gasteiger partial charge on any atom is -0.212 e. The summed E-state index contributed by atoms with van der Waals surface area (Å²) in [6.45, 7) is 2.99. The van der Waals surface area contributed by atoms with Crippen LogP contribution in [0.1, 0.15) is 25.5 Å². The Kier molecular flexibility index (Phi) is 3.98. The van der Waals surface area contributed by atoms with E-state index < -0.39 is 27.7 Å². The van der Waals surface area contributed by atoms with Gasteiger partial charge < -0.3 is 0 Å². The van der Waals surface area contributed by atoms with Crippen LogP contribution in [0.25, 0.3) is 0 Å². The monoisotopic (exact) mass is 249 g/mol. The van der Waals surface area contributed by atoms with E-state index in [1.807, 2.05) is 0 Å². The largest absolute Gasteiger partial charge is 0.212 e. The van der Waals surface area contributed by atoms with Crippen molar-refractivity contribution in [3.63, 3.8) is 0 Å². The van der Waals surface area contributed by atoms with Crippen LogP contribution in [0.4, 0.5) is 8.78 Å². The topological polar surface area (TPSA) is 46.2 Å². The Labute approximate surface area is 93.5 Å². The maximum atomic E-state index is 13.3. The van der Waals surface area contributed by atoms with Gasteiger partial charge in [-0.05, 0) is 19.9 Å². The van der Waals surface area contributed by atoms with Gasteiger partial charge in [0.05, 0.1) is 5.75 Å². The van der Waals surface area contributed by atoms with E-state index in [1.54, 1.807) is 0 Å². The van der Waals surface area contributed by atoms with Crippen LogP contribution in [-0.2, 0) is 10.0 Å². The van der Waals surface area contributed by atoms with Crippen molar-refractivity contribution in [1.82, 2.24) is 4.72 Å². The summed E-state index contributed by atoms with van der Waals surface area (Å²) in [4.78, 5) is 0. The van der Waals surface area contributed by atoms with Crippen LogP contribution in [-0.4, -0.2) is 14.2 Å². The fraction of sp³-hybridized carbons (Fsp3) is 0.400. The molecule has 0 saturated carbocycles. The number of hydrogen-bond acceptors (Lipinski definition) is 2. The summed E-state index contributed by atoms with van der Waals surface area (Å²) in [5.74, 6) is -1.53. The van der Waals surface area contributed by atoms with Crippen LogP contribution in [0.2, 0.25) is 0 Å². The molecule has 1 unspecified atom stereocenters. The molecule has 0 aliphatic heterocycles. The highest BCUT2D eigenvalue weighted by Gasteiger charge is 2.16. The summed E-state index contributed by atoms with van der Waals surface area (Å²) < 4.78 is 50.7. The Balaban J connectivity index is 2.93. The Bertz CT molecular complexity index is 474. The van der Waals surface area contributed by atoms with Crippen molar-refractivity contribution < 1.29 is 17.2 Å². The normalized spacial score (nSPS) is 13.8. The summed E-state index contributed by atoms with van der Waals surface area (Å²) in [6.07, 6.45) is 0. The van der Waals surface area contributed by atoms with Gasteiger partial charge in [0, 0.05) is 17.7 Å². The summed E-state index contributed by atoms with van der Waals surface area (Å²) in [6, 6.07) is 2.33. The molecule has 0 spiro atoms. The second-order valence-electron chi connectivity index (χ2n) is 3.41. The lowest BCUT2D eigenvalue weighted by atomic mass is 10.1. The van der Waals surface area contributed by atoms with Gasteiger partial charge in [-0.1, -0.05) is 6.07 Å². The fourth-order valence-electron chi connectivity index (χ4n) is 1.27. The Morgan fingerprint density at radius 3 is 2.50 bits per heavy atom. The van der Waals surface area contributed by atoms with Gasteiger partial charge in [0.15, 0.2) is 0 Å². The molecular weight excluding hydrogens is 236 g/mol. The SMILES string of the molecule is CCS(=O)(=O)NC(C)c1ccc(F)cc1F. The predicted molar refractivity (Wildman–Crippen MR) is 57.4 cm³/mol. The first-order valence-corrected chi connectivity index (χ1v) is 6.46. The van der Waals surface area contributed by atoms with E-state index in [4.69, 9.17) is 0 Å². The first kappa shape index (κ1) is 13.1. The molecule has 0 fully saturated rings. The van der Waals surface area contributed by atoms with Crippen LogP contribution in [0.15, 0.2) is 18.2 Å². The highest BCUT2D eigenvalue weighted by molar-refractivity contribution is 7.89. The number of hydrogen-bond donors (Lipinski definition) is 1. The predicted octanol–water partition coefficient (Wildman–Crippen LogP) is 1.97. The van der Waals surface area contributed by atoms with Crippen molar-refractivity contribution in [3.05, 3.63) is 35.4 Å². The average Bonchev–Trinajstić information content (AvgIpc) is 2.16. The molecule has 0 heterocycles. The minimum atomic E-state index is -3.40. The van der Waals surface area contributed by atoms with Crippen molar-refractivity contribution in [2.45, 2.75) is 19.9 Å². The smallest absolute Gasteiger partial charge is 0.211 e. The van der Waals surface area contributed by atoms with Crippen molar-refractivity contribution in [3.8, 4) is 0 Å². The Hall–Kier alpha value is -1.01. The van der Waals surface area contributed by atoms with E-state index in [1.165, 1.54) is 19.9 Å². The third kappa shape index (κ3) is 3.24. The van der Waals surface area contributed by atoms with Gasteiger partial charge in [0.25, 0.3) is 0 Å². The molecule has 0 aliphatic carbocycles. The van der Waals surface area contributed by atoms with Crippen molar-refractivity contribution in [2.24, 2.45) is 0 Å². The molecule has 0 aliphatic rings. The first-order valence-electron chi connectivity index (χ1n) is 4.80. The van der Waals surface area contributed by atoms with Crippen molar-refractivity contribution >= 4 is 10.0 Å². The van der Waals surface area contributed by atoms with Crippen molar-refractivity contribution in [1.29, 1.82) is 0 Å². The molecule has 0 saturated heterocycles. The van der Waals surface area contributed by atoms with Crippen LogP contribution in [0, 0.1) is 11.6 Å². The molecule has 0 aromatic heterocycles. The number of sulfonamides is 1. The molecule has 3 nitrogen and oxygen atoms in total. The van der Waals surface area contributed by atoms with Crippen LogP contribution in [0.5, 0.6) is 0 Å². The van der Waals surface area contributed by atoms with Gasteiger partial charge in [-0.3, -0.25) is 0 Å². The lowest BCUT2D eigenvalue weighted by Gasteiger charge is -2.14. The van der Waals surface area contributed by atoms with E-state index in [0.29, 0.717) is 0 Å². The van der Waals surface area contributed by atoms with Crippen LogP contribution in [0.3, 0.4) is 0 Å². The van der Waals surface area contributed by atoms with Gasteiger partial charge in [0.1, 0.15) is 11.6 Å². The molecule has 0 bridgehead atoms. The van der Waals surface area contributed by atoms with E-state index in [0.717, 1.165) is 12.1 Å². The lowest BCUT2D eigenvalue weighted by Crippen LogP contribution is -2.28. The summed E-state index contributed by atoms with van der Waals surface area (Å²) in [5, 5.41) is 0. The zero-order valence-corrected chi connectivity index (χ0v) is 9.81. The van der Waals surface area contributed by atoms with Gasteiger partial charge >= 0.3 is 0 Å². The van der Waals surface area contributed by atoms with Gasteiger partial charge in [0.2, 0.25) is 10.0 Å². The standard InChI is InChI=1S/C10H13F2NO2S/c1-3-16(14,15)13-7(2)9-5-4-8(11)6-10(9)12/h4-7,13H,3H2,1-2H3. The number of rotatable bonds is 4. The van der Waals surface area contributed by atoms with E-state index in [9.17, 15) is 17.2 Å². The molecule has 90 valence electrons.